The molecule has 1 N–H and O–H groups in total. The van der Waals surface area contributed by atoms with E-state index in [0.717, 1.165) is 18.0 Å². The van der Waals surface area contributed by atoms with E-state index in [1.54, 1.807) is 0 Å². The van der Waals surface area contributed by atoms with Gasteiger partial charge in [0.1, 0.15) is 0 Å². The van der Waals surface area contributed by atoms with Crippen molar-refractivity contribution in [3.05, 3.63) is 0 Å². The fourth-order valence-corrected chi connectivity index (χ4v) is 4.05. The summed E-state index contributed by atoms with van der Waals surface area (Å²) in [6, 6.07) is 1.81. The van der Waals surface area contributed by atoms with Crippen LogP contribution in [0.5, 0.6) is 0 Å². The third-order valence-electron chi connectivity index (χ3n) is 4.01. The Morgan fingerprint density at radius 1 is 1.20 bits per heavy atom. The van der Waals surface area contributed by atoms with Crippen LogP contribution in [-0.4, -0.2) is 48.1 Å². The second kappa shape index (κ2) is 4.64. The molecule has 3 aliphatic rings. The van der Waals surface area contributed by atoms with Gasteiger partial charge in [0.25, 0.3) is 0 Å². The summed E-state index contributed by atoms with van der Waals surface area (Å²) in [5, 5.41) is 3.68. The Balaban J connectivity index is 1.41. The van der Waals surface area contributed by atoms with Crippen molar-refractivity contribution in [1.29, 1.82) is 0 Å². The summed E-state index contributed by atoms with van der Waals surface area (Å²) in [5.74, 6) is 3.73. The van der Waals surface area contributed by atoms with Gasteiger partial charge < -0.3 is 5.32 Å². The van der Waals surface area contributed by atoms with E-state index >= 15 is 0 Å². The van der Waals surface area contributed by atoms with Gasteiger partial charge in [-0.3, -0.25) is 4.90 Å². The van der Waals surface area contributed by atoms with E-state index in [2.05, 4.69) is 22.0 Å². The predicted octanol–water partition coefficient (Wildman–Crippen LogP) is 1.57. The Bertz CT molecular complexity index is 212. The first kappa shape index (κ1) is 10.4. The molecule has 15 heavy (non-hydrogen) atoms. The summed E-state index contributed by atoms with van der Waals surface area (Å²) in [6.07, 6.45) is 5.72. The number of likely N-dealkylation sites (tertiary alicyclic amines) is 1. The molecule has 0 spiro atoms. The molecule has 0 bridgehead atoms. The summed E-state index contributed by atoms with van der Waals surface area (Å²) >= 11 is 2.14. The van der Waals surface area contributed by atoms with Crippen molar-refractivity contribution < 1.29 is 0 Å². The highest BCUT2D eigenvalue weighted by Gasteiger charge is 2.31. The fourth-order valence-electron chi connectivity index (χ4n) is 2.79. The minimum absolute atomic E-state index is 0.890. The largest absolute Gasteiger partial charge is 0.314 e. The second-order valence-corrected chi connectivity index (χ2v) is 6.50. The highest BCUT2D eigenvalue weighted by molar-refractivity contribution is 7.99. The molecule has 0 aromatic heterocycles. The molecular formula is C12H22N2S. The molecule has 0 aromatic carbocycles. The standard InChI is InChI=1S/C12H22N2S/c1-2-11(1)13-7-10-3-5-14(8-10)12-4-6-15-9-12/h10-13H,1-9H2. The molecule has 3 fully saturated rings. The third-order valence-corrected chi connectivity index (χ3v) is 5.16. The Kier molecular flexibility index (Phi) is 3.23. The van der Waals surface area contributed by atoms with Crippen LogP contribution in [0.4, 0.5) is 0 Å². The SMILES string of the molecule is C1CC(N2CCC(CNC3CC3)C2)CS1. The first-order chi connectivity index (χ1) is 7.42. The van der Waals surface area contributed by atoms with Crippen LogP contribution in [-0.2, 0) is 0 Å². The summed E-state index contributed by atoms with van der Waals surface area (Å²) in [7, 11) is 0. The first-order valence-electron chi connectivity index (χ1n) is 6.47. The van der Waals surface area contributed by atoms with Gasteiger partial charge in [-0.15, -0.1) is 0 Å². The zero-order valence-corrected chi connectivity index (χ0v) is 10.3. The van der Waals surface area contributed by atoms with Gasteiger partial charge in [0.2, 0.25) is 0 Å². The van der Waals surface area contributed by atoms with Crippen LogP contribution in [0.25, 0.3) is 0 Å². The van der Waals surface area contributed by atoms with Crippen LogP contribution in [0.2, 0.25) is 0 Å². The molecule has 0 radical (unpaired) electrons. The number of hydrogen-bond acceptors (Lipinski definition) is 3. The van der Waals surface area contributed by atoms with Gasteiger partial charge in [0, 0.05) is 24.4 Å². The van der Waals surface area contributed by atoms with Crippen LogP contribution in [0.1, 0.15) is 25.7 Å². The second-order valence-electron chi connectivity index (χ2n) is 5.35. The number of hydrogen-bond donors (Lipinski definition) is 1. The monoisotopic (exact) mass is 226 g/mol. The molecular weight excluding hydrogens is 204 g/mol. The summed E-state index contributed by atoms with van der Waals surface area (Å²) in [6.45, 7) is 4.01. The van der Waals surface area contributed by atoms with E-state index in [0.29, 0.717) is 0 Å². The molecule has 2 nitrogen and oxygen atoms in total. The van der Waals surface area contributed by atoms with Crippen LogP contribution in [0.15, 0.2) is 0 Å². The minimum Gasteiger partial charge on any atom is -0.314 e. The van der Waals surface area contributed by atoms with E-state index in [-0.39, 0.29) is 0 Å². The van der Waals surface area contributed by atoms with E-state index in [1.165, 1.54) is 56.8 Å². The van der Waals surface area contributed by atoms with Crippen LogP contribution < -0.4 is 5.32 Å². The van der Waals surface area contributed by atoms with Gasteiger partial charge in [-0.25, -0.2) is 0 Å². The van der Waals surface area contributed by atoms with Gasteiger partial charge in [0.05, 0.1) is 0 Å². The molecule has 1 saturated carbocycles. The van der Waals surface area contributed by atoms with E-state index in [1.807, 2.05) is 0 Å². The molecule has 86 valence electrons. The van der Waals surface area contributed by atoms with Crippen molar-refractivity contribution in [2.75, 3.05) is 31.1 Å². The minimum atomic E-state index is 0.890. The highest BCUT2D eigenvalue weighted by atomic mass is 32.2. The zero-order chi connectivity index (χ0) is 10.1. The number of rotatable bonds is 4. The third kappa shape index (κ3) is 2.69. The van der Waals surface area contributed by atoms with Crippen LogP contribution in [0.3, 0.4) is 0 Å². The molecule has 2 aliphatic heterocycles. The van der Waals surface area contributed by atoms with E-state index in [9.17, 15) is 0 Å². The van der Waals surface area contributed by atoms with Gasteiger partial charge in [-0.05, 0) is 50.4 Å². The first-order valence-corrected chi connectivity index (χ1v) is 7.62. The van der Waals surface area contributed by atoms with Crippen molar-refractivity contribution >= 4 is 11.8 Å². The van der Waals surface area contributed by atoms with Gasteiger partial charge >= 0.3 is 0 Å². The number of thioether (sulfide) groups is 1. The fraction of sp³-hybridized carbons (Fsp3) is 1.00. The van der Waals surface area contributed by atoms with Crippen LogP contribution in [0, 0.1) is 5.92 Å². The van der Waals surface area contributed by atoms with Gasteiger partial charge in [-0.2, -0.15) is 11.8 Å². The number of nitrogens with zero attached hydrogens (tertiary/aromatic N) is 1. The molecule has 2 heterocycles. The van der Waals surface area contributed by atoms with Crippen molar-refractivity contribution in [3.8, 4) is 0 Å². The van der Waals surface area contributed by atoms with Gasteiger partial charge in [-0.1, -0.05) is 0 Å². The summed E-state index contributed by atoms with van der Waals surface area (Å²) in [5.41, 5.74) is 0. The van der Waals surface area contributed by atoms with Crippen molar-refractivity contribution in [1.82, 2.24) is 10.2 Å². The molecule has 2 unspecified atom stereocenters. The molecule has 2 saturated heterocycles. The maximum absolute atomic E-state index is 3.68. The van der Waals surface area contributed by atoms with E-state index < -0.39 is 0 Å². The lowest BCUT2D eigenvalue weighted by molar-refractivity contribution is 0.253. The zero-order valence-electron chi connectivity index (χ0n) is 9.45. The van der Waals surface area contributed by atoms with Gasteiger partial charge in [0.15, 0.2) is 0 Å². The molecule has 2 atom stereocenters. The van der Waals surface area contributed by atoms with Crippen molar-refractivity contribution in [3.63, 3.8) is 0 Å². The Morgan fingerprint density at radius 3 is 2.87 bits per heavy atom. The lowest BCUT2D eigenvalue weighted by Gasteiger charge is -2.22. The summed E-state index contributed by atoms with van der Waals surface area (Å²) in [4.78, 5) is 2.75. The number of nitrogens with one attached hydrogen (secondary N) is 1. The Hall–Kier alpha value is 0.270. The normalized spacial score (nSPS) is 37.6. The molecule has 1 aliphatic carbocycles. The van der Waals surface area contributed by atoms with Crippen molar-refractivity contribution in [2.45, 2.75) is 37.8 Å². The maximum Gasteiger partial charge on any atom is 0.0194 e. The molecule has 3 heteroatoms. The molecule has 0 amide bonds. The quantitative estimate of drug-likeness (QED) is 0.783. The van der Waals surface area contributed by atoms with Crippen LogP contribution >= 0.6 is 11.8 Å². The predicted molar refractivity (Wildman–Crippen MR) is 66.4 cm³/mol. The van der Waals surface area contributed by atoms with E-state index in [4.69, 9.17) is 0 Å². The highest BCUT2D eigenvalue weighted by Crippen LogP contribution is 2.27. The topological polar surface area (TPSA) is 15.3 Å². The smallest absolute Gasteiger partial charge is 0.0194 e. The lowest BCUT2D eigenvalue weighted by Crippen LogP contribution is -2.34. The maximum atomic E-state index is 3.68. The average Bonchev–Trinajstić information content (AvgIpc) is 2.78. The molecule has 0 aromatic rings. The average molecular weight is 226 g/mol. The summed E-state index contributed by atoms with van der Waals surface area (Å²) < 4.78 is 0. The Labute approximate surface area is 97.2 Å². The molecule has 3 rings (SSSR count). The Morgan fingerprint density at radius 2 is 2.13 bits per heavy atom. The lowest BCUT2D eigenvalue weighted by atomic mass is 10.1. The van der Waals surface area contributed by atoms with Crippen molar-refractivity contribution in [2.24, 2.45) is 5.92 Å².